The van der Waals surface area contributed by atoms with Crippen LogP contribution in [0.25, 0.3) is 11.0 Å². The van der Waals surface area contributed by atoms with Crippen molar-refractivity contribution in [1.82, 2.24) is 14.9 Å². The Balaban J connectivity index is 1.45. The Morgan fingerprint density at radius 3 is 2.65 bits per heavy atom. The molecule has 1 aromatic heterocycles. The van der Waals surface area contributed by atoms with Crippen LogP contribution in [0.2, 0.25) is 0 Å². The van der Waals surface area contributed by atoms with Crippen molar-refractivity contribution in [3.05, 3.63) is 59.9 Å². The van der Waals surface area contributed by atoms with Crippen molar-refractivity contribution in [3.8, 4) is 5.75 Å². The number of amides is 1. The molecule has 0 bridgehead atoms. The second-order valence-electron chi connectivity index (χ2n) is 6.73. The first kappa shape index (κ1) is 16.6. The van der Waals surface area contributed by atoms with Gasteiger partial charge >= 0.3 is 6.09 Å². The van der Waals surface area contributed by atoms with Gasteiger partial charge in [0, 0.05) is 12.5 Å². The Morgan fingerprint density at radius 2 is 1.92 bits per heavy atom. The average Bonchev–Trinajstić information content (AvgIpc) is 3.08. The lowest BCUT2D eigenvalue weighted by molar-refractivity contribution is 0.202. The van der Waals surface area contributed by atoms with Crippen molar-refractivity contribution in [3.63, 3.8) is 0 Å². The van der Waals surface area contributed by atoms with Gasteiger partial charge in [0.25, 0.3) is 0 Å². The largest absolute Gasteiger partial charge is 0.410 e. The first-order valence-electron chi connectivity index (χ1n) is 8.91. The molecule has 3 N–H and O–H groups in total. The molecule has 3 aromatic rings. The number of para-hydroxylation sites is 1. The SMILES string of the molecule is NC(=O)Oc1cccc2[nH]c(C3CCN(Cc4ccccc4)CC3)nc12. The fourth-order valence-corrected chi connectivity index (χ4v) is 3.62. The minimum atomic E-state index is -0.823. The Morgan fingerprint density at radius 1 is 1.15 bits per heavy atom. The molecule has 2 heterocycles. The van der Waals surface area contributed by atoms with E-state index >= 15 is 0 Å². The van der Waals surface area contributed by atoms with Crippen LogP contribution in [0.5, 0.6) is 5.75 Å². The fourth-order valence-electron chi connectivity index (χ4n) is 3.62. The second-order valence-corrected chi connectivity index (χ2v) is 6.73. The van der Waals surface area contributed by atoms with E-state index in [1.54, 1.807) is 6.07 Å². The van der Waals surface area contributed by atoms with Gasteiger partial charge in [0.2, 0.25) is 0 Å². The third kappa shape index (κ3) is 3.55. The molecule has 1 amide bonds. The summed E-state index contributed by atoms with van der Waals surface area (Å²) in [5.74, 6) is 1.75. The van der Waals surface area contributed by atoms with Crippen molar-refractivity contribution in [2.24, 2.45) is 5.73 Å². The molecule has 26 heavy (non-hydrogen) atoms. The quantitative estimate of drug-likeness (QED) is 0.755. The number of benzene rings is 2. The molecule has 0 aliphatic carbocycles. The van der Waals surface area contributed by atoms with Crippen LogP contribution >= 0.6 is 0 Å². The van der Waals surface area contributed by atoms with E-state index in [4.69, 9.17) is 15.5 Å². The molecule has 0 atom stereocenters. The minimum Gasteiger partial charge on any atom is -0.408 e. The van der Waals surface area contributed by atoms with Crippen LogP contribution in [0.1, 0.15) is 30.1 Å². The number of nitrogens with two attached hydrogens (primary N) is 1. The Kier molecular flexibility index (Phi) is 4.58. The maximum Gasteiger partial charge on any atom is 0.410 e. The van der Waals surface area contributed by atoms with E-state index < -0.39 is 6.09 Å². The van der Waals surface area contributed by atoms with Crippen LogP contribution < -0.4 is 10.5 Å². The van der Waals surface area contributed by atoms with E-state index in [9.17, 15) is 4.79 Å². The molecule has 0 saturated carbocycles. The van der Waals surface area contributed by atoms with Crippen LogP contribution in [-0.4, -0.2) is 34.1 Å². The highest BCUT2D eigenvalue weighted by Gasteiger charge is 2.24. The van der Waals surface area contributed by atoms with Gasteiger partial charge in [0.1, 0.15) is 11.3 Å². The third-order valence-corrected chi connectivity index (χ3v) is 4.93. The first-order valence-corrected chi connectivity index (χ1v) is 8.91. The number of ether oxygens (including phenoxy) is 1. The Labute approximate surface area is 152 Å². The predicted octanol–water partition coefficient (Wildman–Crippen LogP) is 3.40. The van der Waals surface area contributed by atoms with Gasteiger partial charge in [-0.25, -0.2) is 9.78 Å². The second kappa shape index (κ2) is 7.17. The summed E-state index contributed by atoms with van der Waals surface area (Å²) in [6, 6.07) is 16.0. The smallest absolute Gasteiger partial charge is 0.408 e. The molecule has 1 fully saturated rings. The summed E-state index contributed by atoms with van der Waals surface area (Å²) in [5, 5.41) is 0. The van der Waals surface area contributed by atoms with Gasteiger partial charge in [-0.3, -0.25) is 4.90 Å². The van der Waals surface area contributed by atoms with E-state index in [1.165, 1.54) is 5.56 Å². The molecular formula is C20H22N4O2. The van der Waals surface area contributed by atoms with Gasteiger partial charge in [-0.1, -0.05) is 36.4 Å². The van der Waals surface area contributed by atoms with Crippen molar-refractivity contribution >= 4 is 17.1 Å². The lowest BCUT2D eigenvalue weighted by Gasteiger charge is -2.31. The van der Waals surface area contributed by atoms with Crippen molar-refractivity contribution < 1.29 is 9.53 Å². The van der Waals surface area contributed by atoms with Crippen molar-refractivity contribution in [2.75, 3.05) is 13.1 Å². The fraction of sp³-hybridized carbons (Fsp3) is 0.300. The molecule has 1 aliphatic heterocycles. The number of carbonyl (C=O) groups is 1. The number of hydrogen-bond acceptors (Lipinski definition) is 4. The number of hydrogen-bond donors (Lipinski definition) is 2. The zero-order chi connectivity index (χ0) is 17.9. The summed E-state index contributed by atoms with van der Waals surface area (Å²) in [7, 11) is 0. The number of primary amides is 1. The number of nitrogens with one attached hydrogen (secondary N) is 1. The highest BCUT2D eigenvalue weighted by Crippen LogP contribution is 2.31. The molecule has 0 unspecified atom stereocenters. The standard InChI is InChI=1S/C20H22N4O2/c21-20(25)26-17-8-4-7-16-18(17)23-19(22-16)15-9-11-24(12-10-15)13-14-5-2-1-3-6-14/h1-8,15H,9-13H2,(H2,21,25)(H,22,23). The van der Waals surface area contributed by atoms with Gasteiger partial charge in [-0.05, 0) is 43.6 Å². The summed E-state index contributed by atoms with van der Waals surface area (Å²) in [4.78, 5) is 21.6. The molecule has 1 aliphatic rings. The number of likely N-dealkylation sites (tertiary alicyclic amines) is 1. The van der Waals surface area contributed by atoms with Crippen molar-refractivity contribution in [2.45, 2.75) is 25.3 Å². The van der Waals surface area contributed by atoms with Gasteiger partial charge in [-0.15, -0.1) is 0 Å². The number of fused-ring (bicyclic) bond motifs is 1. The number of H-pyrrole nitrogens is 1. The first-order chi connectivity index (χ1) is 12.7. The van der Waals surface area contributed by atoms with E-state index in [0.717, 1.165) is 43.8 Å². The zero-order valence-electron chi connectivity index (χ0n) is 14.5. The summed E-state index contributed by atoms with van der Waals surface area (Å²) in [6.45, 7) is 3.08. The summed E-state index contributed by atoms with van der Waals surface area (Å²) < 4.78 is 5.06. The maximum atomic E-state index is 11.1. The van der Waals surface area contributed by atoms with E-state index in [0.29, 0.717) is 17.2 Å². The lowest BCUT2D eigenvalue weighted by Crippen LogP contribution is -2.32. The normalized spacial score (nSPS) is 16.0. The van der Waals surface area contributed by atoms with E-state index in [1.807, 2.05) is 18.2 Å². The van der Waals surface area contributed by atoms with Gasteiger partial charge in [0.15, 0.2) is 5.75 Å². The van der Waals surface area contributed by atoms with Gasteiger partial charge in [-0.2, -0.15) is 0 Å². The number of nitrogens with zero attached hydrogens (tertiary/aromatic N) is 2. The predicted molar refractivity (Wildman–Crippen MR) is 100.0 cm³/mol. The summed E-state index contributed by atoms with van der Waals surface area (Å²) >= 11 is 0. The third-order valence-electron chi connectivity index (χ3n) is 4.93. The average molecular weight is 350 g/mol. The molecule has 0 spiro atoms. The number of rotatable bonds is 4. The Bertz CT molecular complexity index is 899. The van der Waals surface area contributed by atoms with Crippen LogP contribution in [0, 0.1) is 0 Å². The minimum absolute atomic E-state index is 0.385. The topological polar surface area (TPSA) is 84.2 Å². The molecule has 134 valence electrons. The zero-order valence-corrected chi connectivity index (χ0v) is 14.5. The molecule has 1 saturated heterocycles. The monoisotopic (exact) mass is 350 g/mol. The van der Waals surface area contributed by atoms with Crippen LogP contribution in [0.4, 0.5) is 4.79 Å². The summed E-state index contributed by atoms with van der Waals surface area (Å²) in [5.41, 5.74) is 8.02. The highest BCUT2D eigenvalue weighted by atomic mass is 16.5. The highest BCUT2D eigenvalue weighted by molar-refractivity contribution is 5.84. The maximum absolute atomic E-state index is 11.1. The number of aromatic amines is 1. The van der Waals surface area contributed by atoms with E-state index in [2.05, 4.69) is 34.1 Å². The molecule has 2 aromatic carbocycles. The molecule has 6 heteroatoms. The number of imidazole rings is 1. The van der Waals surface area contributed by atoms with Crippen LogP contribution in [0.3, 0.4) is 0 Å². The van der Waals surface area contributed by atoms with E-state index in [-0.39, 0.29) is 0 Å². The van der Waals surface area contributed by atoms with Crippen molar-refractivity contribution in [1.29, 1.82) is 0 Å². The number of carbonyl (C=O) groups excluding carboxylic acids is 1. The molecular weight excluding hydrogens is 328 g/mol. The van der Waals surface area contributed by atoms with Gasteiger partial charge < -0.3 is 15.5 Å². The van der Waals surface area contributed by atoms with Crippen LogP contribution in [-0.2, 0) is 6.54 Å². The molecule has 6 nitrogen and oxygen atoms in total. The lowest BCUT2D eigenvalue weighted by atomic mass is 9.96. The molecule has 0 radical (unpaired) electrons. The number of piperidine rings is 1. The van der Waals surface area contributed by atoms with Crippen LogP contribution in [0.15, 0.2) is 48.5 Å². The Hall–Kier alpha value is -2.86. The van der Waals surface area contributed by atoms with Gasteiger partial charge in [0.05, 0.1) is 5.52 Å². The summed E-state index contributed by atoms with van der Waals surface area (Å²) in [6.07, 6.45) is 1.29. The number of aromatic nitrogens is 2. The molecule has 4 rings (SSSR count).